The van der Waals surface area contributed by atoms with Crippen LogP contribution >= 0.6 is 23.2 Å². The fraction of sp³-hybridized carbons (Fsp3) is 0.174. The van der Waals surface area contributed by atoms with Crippen molar-refractivity contribution >= 4 is 34.8 Å². The van der Waals surface area contributed by atoms with Crippen molar-refractivity contribution in [2.45, 2.75) is 19.2 Å². The molecule has 0 radical (unpaired) electrons. The van der Waals surface area contributed by atoms with Gasteiger partial charge in [0.05, 0.1) is 15.6 Å². The highest BCUT2D eigenvalue weighted by Gasteiger charge is 2.32. The van der Waals surface area contributed by atoms with Gasteiger partial charge in [0.15, 0.2) is 5.75 Å². The quantitative estimate of drug-likeness (QED) is 0.402. The van der Waals surface area contributed by atoms with Crippen LogP contribution in [0.3, 0.4) is 0 Å². The Balaban J connectivity index is 1.79. The second-order valence-electron chi connectivity index (χ2n) is 6.85. The topological polar surface area (TPSA) is 47.6 Å². The van der Waals surface area contributed by atoms with Gasteiger partial charge in [-0.05, 0) is 43.3 Å². The summed E-state index contributed by atoms with van der Waals surface area (Å²) in [5, 5.41) is 2.06. The van der Waals surface area contributed by atoms with Gasteiger partial charge >= 0.3 is 6.18 Å². The number of amides is 1. The number of rotatable bonds is 7. The van der Waals surface area contributed by atoms with E-state index in [9.17, 15) is 18.0 Å². The van der Waals surface area contributed by atoms with E-state index in [0.717, 1.165) is 5.56 Å². The zero-order chi connectivity index (χ0) is 23.3. The summed E-state index contributed by atoms with van der Waals surface area (Å²) in [5.41, 5.74) is 0.567. The Morgan fingerprint density at radius 2 is 1.59 bits per heavy atom. The molecule has 32 heavy (non-hydrogen) atoms. The van der Waals surface area contributed by atoms with E-state index >= 15 is 0 Å². The number of benzene rings is 3. The Kier molecular flexibility index (Phi) is 7.53. The van der Waals surface area contributed by atoms with E-state index in [-0.39, 0.29) is 22.4 Å². The second-order valence-corrected chi connectivity index (χ2v) is 7.67. The van der Waals surface area contributed by atoms with Crippen LogP contribution in [0.1, 0.15) is 11.1 Å². The van der Waals surface area contributed by atoms with Crippen molar-refractivity contribution < 1.29 is 27.4 Å². The number of nitrogens with one attached hydrogen (secondary N) is 1. The van der Waals surface area contributed by atoms with Crippen molar-refractivity contribution in [1.29, 1.82) is 0 Å². The average molecular weight is 484 g/mol. The monoisotopic (exact) mass is 483 g/mol. The Bertz CT molecular complexity index is 1050. The lowest BCUT2D eigenvalue weighted by molar-refractivity contribution is -0.137. The predicted molar refractivity (Wildman–Crippen MR) is 118 cm³/mol. The molecule has 1 amide bonds. The minimum atomic E-state index is -4.61. The molecule has 3 aromatic carbocycles. The average Bonchev–Trinajstić information content (AvgIpc) is 2.74. The number of aryl methyl sites for hydroxylation is 1. The zero-order valence-electron chi connectivity index (χ0n) is 16.7. The lowest BCUT2D eigenvalue weighted by atomic mass is 10.2. The first-order chi connectivity index (χ1) is 15.1. The zero-order valence-corrected chi connectivity index (χ0v) is 18.3. The largest absolute Gasteiger partial charge is 0.486 e. The summed E-state index contributed by atoms with van der Waals surface area (Å²) < 4.78 is 50.1. The van der Waals surface area contributed by atoms with E-state index in [1.165, 1.54) is 0 Å². The molecule has 0 aliphatic carbocycles. The maximum atomic E-state index is 12.9. The van der Waals surface area contributed by atoms with Gasteiger partial charge in [-0.1, -0.05) is 59.1 Å². The van der Waals surface area contributed by atoms with Crippen LogP contribution in [0.15, 0.2) is 66.7 Å². The molecule has 1 unspecified atom stereocenters. The number of carbonyl (C=O) groups excluding carboxylic acids is 1. The van der Waals surface area contributed by atoms with Gasteiger partial charge < -0.3 is 14.8 Å². The minimum Gasteiger partial charge on any atom is -0.486 e. The molecular weight excluding hydrogens is 466 g/mol. The first-order valence-corrected chi connectivity index (χ1v) is 10.2. The van der Waals surface area contributed by atoms with E-state index in [2.05, 4.69) is 5.32 Å². The molecule has 168 valence electrons. The number of carbonyl (C=O) groups is 1. The van der Waals surface area contributed by atoms with Gasteiger partial charge in [0.25, 0.3) is 5.91 Å². The number of halogens is 5. The summed E-state index contributed by atoms with van der Waals surface area (Å²) in [7, 11) is 0. The van der Waals surface area contributed by atoms with E-state index in [4.69, 9.17) is 32.7 Å². The van der Waals surface area contributed by atoms with Crippen LogP contribution in [0.5, 0.6) is 11.5 Å². The number of para-hydroxylation sites is 1. The highest BCUT2D eigenvalue weighted by atomic mass is 35.5. The Labute approximate surface area is 192 Å². The molecule has 1 N–H and O–H groups in total. The molecule has 0 bridgehead atoms. The normalized spacial score (nSPS) is 12.2. The summed E-state index contributed by atoms with van der Waals surface area (Å²) >= 11 is 11.9. The molecule has 0 saturated carbocycles. The van der Waals surface area contributed by atoms with Crippen molar-refractivity contribution in [1.82, 2.24) is 0 Å². The molecule has 0 aromatic heterocycles. The van der Waals surface area contributed by atoms with Crippen LogP contribution < -0.4 is 14.8 Å². The molecule has 0 aliphatic heterocycles. The van der Waals surface area contributed by atoms with Crippen LogP contribution in [0.2, 0.25) is 10.0 Å². The number of alkyl halides is 3. The predicted octanol–water partition coefficient (Wildman–Crippen LogP) is 6.79. The summed E-state index contributed by atoms with van der Waals surface area (Å²) in [4.78, 5) is 12.8. The second kappa shape index (κ2) is 10.1. The van der Waals surface area contributed by atoms with E-state index in [1.807, 2.05) is 19.1 Å². The van der Waals surface area contributed by atoms with E-state index in [0.29, 0.717) is 23.6 Å². The van der Waals surface area contributed by atoms with E-state index in [1.54, 1.807) is 42.5 Å². The highest BCUT2D eigenvalue weighted by molar-refractivity contribution is 6.37. The first kappa shape index (κ1) is 23.8. The summed E-state index contributed by atoms with van der Waals surface area (Å²) in [6, 6.07) is 17.1. The SMILES string of the molecule is Cc1ccc(NC(=O)C(COc2c(Cl)cc(C(F)(F)F)cc2Cl)Oc2ccccc2)cc1. The lowest BCUT2D eigenvalue weighted by Crippen LogP contribution is -2.38. The van der Waals surface area contributed by atoms with E-state index < -0.39 is 23.8 Å². The van der Waals surface area contributed by atoms with Gasteiger partial charge in [-0.15, -0.1) is 0 Å². The molecule has 4 nitrogen and oxygen atoms in total. The van der Waals surface area contributed by atoms with Crippen LogP contribution in [0, 0.1) is 6.92 Å². The summed E-state index contributed by atoms with van der Waals surface area (Å²) in [6.07, 6.45) is -5.76. The van der Waals surface area contributed by atoms with Gasteiger partial charge in [0.1, 0.15) is 12.4 Å². The molecule has 0 aliphatic rings. The van der Waals surface area contributed by atoms with Gasteiger partial charge in [-0.25, -0.2) is 0 Å². The molecule has 9 heteroatoms. The van der Waals surface area contributed by atoms with Crippen LogP contribution in [-0.4, -0.2) is 18.6 Å². The van der Waals surface area contributed by atoms with Crippen LogP contribution in [-0.2, 0) is 11.0 Å². The van der Waals surface area contributed by atoms with Crippen molar-refractivity contribution in [3.63, 3.8) is 0 Å². The molecular formula is C23H18Cl2F3NO3. The summed E-state index contributed by atoms with van der Waals surface area (Å²) in [5.74, 6) is -0.284. The van der Waals surface area contributed by atoms with Gasteiger partial charge in [0, 0.05) is 5.69 Å². The molecule has 3 rings (SSSR count). The van der Waals surface area contributed by atoms with Crippen LogP contribution in [0.25, 0.3) is 0 Å². The molecule has 3 aromatic rings. The number of hydrogen-bond donors (Lipinski definition) is 1. The maximum Gasteiger partial charge on any atom is 0.416 e. The van der Waals surface area contributed by atoms with Crippen LogP contribution in [0.4, 0.5) is 18.9 Å². The van der Waals surface area contributed by atoms with Crippen molar-refractivity contribution in [2.24, 2.45) is 0 Å². The smallest absolute Gasteiger partial charge is 0.416 e. The van der Waals surface area contributed by atoms with Crippen molar-refractivity contribution in [3.05, 3.63) is 87.9 Å². The number of hydrogen-bond acceptors (Lipinski definition) is 3. The first-order valence-electron chi connectivity index (χ1n) is 9.42. The fourth-order valence-corrected chi connectivity index (χ4v) is 3.30. The van der Waals surface area contributed by atoms with Crippen molar-refractivity contribution in [3.8, 4) is 11.5 Å². The third kappa shape index (κ3) is 6.31. The molecule has 1 atom stereocenters. The van der Waals surface area contributed by atoms with Crippen molar-refractivity contribution in [2.75, 3.05) is 11.9 Å². The third-order valence-electron chi connectivity index (χ3n) is 4.34. The molecule has 0 fully saturated rings. The Morgan fingerprint density at radius 3 is 2.16 bits per heavy atom. The maximum absolute atomic E-state index is 12.9. The van der Waals surface area contributed by atoms with Gasteiger partial charge in [-0.2, -0.15) is 13.2 Å². The highest BCUT2D eigenvalue weighted by Crippen LogP contribution is 2.40. The lowest BCUT2D eigenvalue weighted by Gasteiger charge is -2.20. The van der Waals surface area contributed by atoms with Gasteiger partial charge in [0.2, 0.25) is 6.10 Å². The molecule has 0 saturated heterocycles. The Morgan fingerprint density at radius 1 is 1.00 bits per heavy atom. The standard InChI is InChI=1S/C23H18Cl2F3NO3/c1-14-7-9-16(10-8-14)29-22(30)20(32-17-5-3-2-4-6-17)13-31-21-18(24)11-15(12-19(21)25)23(26,27)28/h2-12,20H,13H2,1H3,(H,29,30). The number of anilines is 1. The minimum absolute atomic E-state index is 0.175. The summed E-state index contributed by atoms with van der Waals surface area (Å²) in [6.45, 7) is 1.57. The van der Waals surface area contributed by atoms with Gasteiger partial charge in [-0.3, -0.25) is 4.79 Å². The number of ether oxygens (including phenoxy) is 2. The molecule has 0 heterocycles. The fourth-order valence-electron chi connectivity index (χ4n) is 2.71. The Hall–Kier alpha value is -2.90. The molecule has 0 spiro atoms. The third-order valence-corrected chi connectivity index (χ3v) is 4.90.